The van der Waals surface area contributed by atoms with Crippen molar-refractivity contribution in [1.82, 2.24) is 10.2 Å². The number of para-hydroxylation sites is 1. The number of alkyl halides is 2. The number of rotatable bonds is 5. The summed E-state index contributed by atoms with van der Waals surface area (Å²) in [5.74, 6) is -0.937. The van der Waals surface area contributed by atoms with Gasteiger partial charge in [-0.3, -0.25) is 14.5 Å². The summed E-state index contributed by atoms with van der Waals surface area (Å²) < 4.78 is 25.2. The number of amides is 2. The van der Waals surface area contributed by atoms with Gasteiger partial charge in [0.05, 0.1) is 4.88 Å². The lowest BCUT2D eigenvalue weighted by Gasteiger charge is -2.49. The Kier molecular flexibility index (Phi) is 5.65. The maximum absolute atomic E-state index is 12.8. The molecule has 5 nitrogen and oxygen atoms in total. The first-order chi connectivity index (χ1) is 13.9. The van der Waals surface area contributed by atoms with Gasteiger partial charge in [0, 0.05) is 28.2 Å². The smallest absolute Gasteiger partial charge is 0.315 e. The minimum Gasteiger partial charge on any atom is -0.347 e. The zero-order valence-electron chi connectivity index (χ0n) is 16.0. The lowest BCUT2D eigenvalue weighted by atomic mass is 9.79. The SMILES string of the molecule is C[C@@H]1[C@H](NC(=O)c2ccc(-c3ccccc3NC(=O)C(F)F)s2)C2CCN1CC2. The van der Waals surface area contributed by atoms with Crippen molar-refractivity contribution in [3.05, 3.63) is 41.3 Å². The number of carbonyl (C=O) groups excluding carboxylic acids is 2. The zero-order chi connectivity index (χ0) is 20.5. The van der Waals surface area contributed by atoms with E-state index in [4.69, 9.17) is 0 Å². The van der Waals surface area contributed by atoms with Crippen LogP contribution in [0.2, 0.25) is 0 Å². The molecule has 1 aromatic heterocycles. The van der Waals surface area contributed by atoms with Crippen molar-refractivity contribution in [3.63, 3.8) is 0 Å². The fourth-order valence-corrected chi connectivity index (χ4v) is 5.32. The molecule has 3 aliphatic rings. The van der Waals surface area contributed by atoms with Crippen molar-refractivity contribution >= 4 is 28.8 Å². The minimum atomic E-state index is -3.09. The highest BCUT2D eigenvalue weighted by atomic mass is 32.1. The highest BCUT2D eigenvalue weighted by Crippen LogP contribution is 2.35. The van der Waals surface area contributed by atoms with Crippen molar-refractivity contribution in [1.29, 1.82) is 0 Å². The third-order valence-corrected chi connectivity index (χ3v) is 7.07. The quantitative estimate of drug-likeness (QED) is 0.774. The van der Waals surface area contributed by atoms with Gasteiger partial charge in [-0.15, -0.1) is 11.3 Å². The molecule has 154 valence electrons. The molecule has 0 aliphatic carbocycles. The lowest BCUT2D eigenvalue weighted by molar-refractivity contribution is -0.126. The van der Waals surface area contributed by atoms with E-state index in [-0.39, 0.29) is 11.9 Å². The van der Waals surface area contributed by atoms with Crippen LogP contribution >= 0.6 is 11.3 Å². The van der Waals surface area contributed by atoms with E-state index < -0.39 is 12.3 Å². The van der Waals surface area contributed by atoms with Crippen molar-refractivity contribution in [3.8, 4) is 10.4 Å². The molecule has 5 rings (SSSR count). The molecular weight excluding hydrogens is 396 g/mol. The Morgan fingerprint density at radius 1 is 1.14 bits per heavy atom. The average Bonchev–Trinajstić information content (AvgIpc) is 3.21. The fourth-order valence-electron chi connectivity index (χ4n) is 4.37. The van der Waals surface area contributed by atoms with Crippen LogP contribution in [-0.4, -0.2) is 48.3 Å². The molecule has 4 heterocycles. The molecule has 3 saturated heterocycles. The van der Waals surface area contributed by atoms with Crippen LogP contribution in [0.4, 0.5) is 14.5 Å². The van der Waals surface area contributed by atoms with E-state index in [0.717, 1.165) is 30.8 Å². The van der Waals surface area contributed by atoms with Gasteiger partial charge in [-0.1, -0.05) is 18.2 Å². The molecule has 2 aromatic rings. The molecule has 2 atom stereocenters. The van der Waals surface area contributed by atoms with Crippen LogP contribution in [0.3, 0.4) is 0 Å². The van der Waals surface area contributed by atoms with Crippen molar-refractivity contribution in [2.24, 2.45) is 5.92 Å². The van der Waals surface area contributed by atoms with Gasteiger partial charge in [0.1, 0.15) is 0 Å². The molecule has 0 radical (unpaired) electrons. The molecule has 3 fully saturated rings. The Hall–Kier alpha value is -2.32. The van der Waals surface area contributed by atoms with Crippen molar-refractivity contribution in [2.45, 2.75) is 38.3 Å². The first-order valence-electron chi connectivity index (χ1n) is 9.77. The molecule has 2 N–H and O–H groups in total. The molecule has 2 bridgehead atoms. The Morgan fingerprint density at radius 2 is 1.86 bits per heavy atom. The maximum Gasteiger partial charge on any atom is 0.315 e. The normalized spacial score (nSPS) is 25.8. The summed E-state index contributed by atoms with van der Waals surface area (Å²) in [6, 6.07) is 10.8. The van der Waals surface area contributed by atoms with Crippen LogP contribution in [0.5, 0.6) is 0 Å². The molecule has 29 heavy (non-hydrogen) atoms. The highest BCUT2D eigenvalue weighted by molar-refractivity contribution is 7.17. The second kappa shape index (κ2) is 8.20. The summed E-state index contributed by atoms with van der Waals surface area (Å²) in [4.78, 5) is 28.0. The van der Waals surface area contributed by atoms with Gasteiger partial charge in [0.2, 0.25) is 0 Å². The second-order valence-corrected chi connectivity index (χ2v) is 8.70. The van der Waals surface area contributed by atoms with Gasteiger partial charge < -0.3 is 10.6 Å². The summed E-state index contributed by atoms with van der Waals surface area (Å²) in [7, 11) is 0. The van der Waals surface area contributed by atoms with Crippen LogP contribution in [0.25, 0.3) is 10.4 Å². The van der Waals surface area contributed by atoms with E-state index in [9.17, 15) is 18.4 Å². The largest absolute Gasteiger partial charge is 0.347 e. The first kappa shape index (κ1) is 20.0. The third kappa shape index (κ3) is 4.04. The number of benzene rings is 1. The lowest BCUT2D eigenvalue weighted by Crippen LogP contribution is -2.62. The Bertz CT molecular complexity index is 907. The van der Waals surface area contributed by atoms with Crippen molar-refractivity contribution < 1.29 is 18.4 Å². The zero-order valence-corrected chi connectivity index (χ0v) is 16.8. The number of piperidine rings is 3. The molecule has 0 saturated carbocycles. The minimum absolute atomic E-state index is 0.110. The van der Waals surface area contributed by atoms with Crippen LogP contribution in [-0.2, 0) is 4.79 Å². The van der Waals surface area contributed by atoms with Gasteiger partial charge in [-0.05, 0) is 57.0 Å². The molecule has 1 aromatic carbocycles. The van der Waals surface area contributed by atoms with E-state index in [1.165, 1.54) is 11.3 Å². The van der Waals surface area contributed by atoms with Gasteiger partial charge >= 0.3 is 6.43 Å². The van der Waals surface area contributed by atoms with E-state index >= 15 is 0 Å². The number of carbonyl (C=O) groups is 2. The number of fused-ring (bicyclic) bond motifs is 3. The molecule has 3 aliphatic heterocycles. The number of nitrogens with zero attached hydrogens (tertiary/aromatic N) is 1. The van der Waals surface area contributed by atoms with Gasteiger partial charge in [-0.25, -0.2) is 0 Å². The van der Waals surface area contributed by atoms with Gasteiger partial charge in [0.15, 0.2) is 0 Å². The summed E-state index contributed by atoms with van der Waals surface area (Å²) >= 11 is 1.29. The summed E-state index contributed by atoms with van der Waals surface area (Å²) in [5.41, 5.74) is 0.916. The second-order valence-electron chi connectivity index (χ2n) is 7.61. The average molecular weight is 419 g/mol. The topological polar surface area (TPSA) is 61.4 Å². The Labute approximate surface area is 172 Å². The van der Waals surface area contributed by atoms with E-state index in [0.29, 0.717) is 28.1 Å². The molecular formula is C21H23F2N3O2S. The predicted molar refractivity (Wildman–Crippen MR) is 109 cm³/mol. The van der Waals surface area contributed by atoms with E-state index in [2.05, 4.69) is 22.5 Å². The summed E-state index contributed by atoms with van der Waals surface area (Å²) in [6.07, 6.45) is -0.860. The van der Waals surface area contributed by atoms with Crippen molar-refractivity contribution in [2.75, 3.05) is 18.4 Å². The highest BCUT2D eigenvalue weighted by Gasteiger charge is 2.40. The predicted octanol–water partition coefficient (Wildman–Crippen LogP) is 3.83. The van der Waals surface area contributed by atoms with E-state index in [1.54, 1.807) is 36.4 Å². The van der Waals surface area contributed by atoms with Crippen LogP contribution in [0.15, 0.2) is 36.4 Å². The van der Waals surface area contributed by atoms with E-state index in [1.807, 2.05) is 0 Å². The van der Waals surface area contributed by atoms with Crippen LogP contribution < -0.4 is 10.6 Å². The first-order valence-corrected chi connectivity index (χ1v) is 10.6. The van der Waals surface area contributed by atoms with Crippen LogP contribution in [0, 0.1) is 5.92 Å². The number of thiophene rings is 1. The molecule has 0 spiro atoms. The summed E-state index contributed by atoms with van der Waals surface area (Å²) in [5, 5.41) is 5.45. The van der Waals surface area contributed by atoms with Crippen LogP contribution in [0.1, 0.15) is 29.4 Å². The Balaban J connectivity index is 1.50. The summed E-state index contributed by atoms with van der Waals surface area (Å²) in [6.45, 7) is 4.36. The fraction of sp³-hybridized carbons (Fsp3) is 0.429. The number of hydrogen-bond donors (Lipinski definition) is 2. The molecule has 0 unspecified atom stereocenters. The van der Waals surface area contributed by atoms with Gasteiger partial charge in [0.25, 0.3) is 11.8 Å². The number of halogens is 2. The number of hydrogen-bond acceptors (Lipinski definition) is 4. The molecule has 2 amide bonds. The number of anilines is 1. The molecule has 8 heteroatoms. The standard InChI is InChI=1S/C21H23F2N3O2S/c1-12-18(13-8-10-26(12)11-9-13)25-20(27)17-7-6-16(29-17)14-4-2-3-5-15(14)24-21(28)19(22)23/h2-7,12-13,18-19H,8-11H2,1H3,(H,24,28)(H,25,27)/t12-,18+/m1/s1. The maximum atomic E-state index is 12.8. The number of nitrogens with one attached hydrogen (secondary N) is 2. The third-order valence-electron chi connectivity index (χ3n) is 5.95. The monoisotopic (exact) mass is 419 g/mol. The van der Waals surface area contributed by atoms with Gasteiger partial charge in [-0.2, -0.15) is 8.78 Å². The Morgan fingerprint density at radius 3 is 2.55 bits per heavy atom.